The molecule has 0 bridgehead atoms. The highest BCUT2D eigenvalue weighted by Crippen LogP contribution is 2.11. The number of nitrogens with zero attached hydrogens (tertiary/aromatic N) is 1. The first-order valence-electron chi connectivity index (χ1n) is 5.54. The highest BCUT2D eigenvalue weighted by Gasteiger charge is 1.96. The molecule has 0 radical (unpaired) electrons. The smallest absolute Gasteiger partial charge is 0.0400 e. The van der Waals surface area contributed by atoms with Crippen LogP contribution in [0.25, 0.3) is 0 Å². The Hall–Kier alpha value is -1.83. The Balaban J connectivity index is 1.87. The zero-order chi connectivity index (χ0) is 11.2. The predicted molar refractivity (Wildman–Crippen MR) is 67.6 cm³/mol. The summed E-state index contributed by atoms with van der Waals surface area (Å²) in [4.78, 5) is 4.07. The fourth-order valence-electron chi connectivity index (χ4n) is 1.66. The van der Waals surface area contributed by atoms with Crippen molar-refractivity contribution in [2.24, 2.45) is 0 Å². The fourth-order valence-corrected chi connectivity index (χ4v) is 1.66. The van der Waals surface area contributed by atoms with E-state index in [0.717, 1.165) is 13.0 Å². The van der Waals surface area contributed by atoms with Crippen LogP contribution in [0.3, 0.4) is 0 Å². The van der Waals surface area contributed by atoms with E-state index in [0.29, 0.717) is 0 Å². The van der Waals surface area contributed by atoms with E-state index in [1.165, 1.54) is 16.8 Å². The molecule has 2 nitrogen and oxygen atoms in total. The van der Waals surface area contributed by atoms with E-state index in [4.69, 9.17) is 0 Å². The summed E-state index contributed by atoms with van der Waals surface area (Å²) < 4.78 is 0. The van der Waals surface area contributed by atoms with Gasteiger partial charge in [-0.2, -0.15) is 0 Å². The number of pyridine rings is 1. The summed E-state index contributed by atoms with van der Waals surface area (Å²) in [5, 5.41) is 3.42. The molecule has 16 heavy (non-hydrogen) atoms. The van der Waals surface area contributed by atoms with Crippen LogP contribution in [0.15, 0.2) is 48.8 Å². The summed E-state index contributed by atoms with van der Waals surface area (Å²) in [6.07, 6.45) is 4.74. The molecule has 2 aromatic rings. The van der Waals surface area contributed by atoms with Crippen molar-refractivity contribution >= 4 is 5.69 Å². The quantitative estimate of drug-likeness (QED) is 0.842. The van der Waals surface area contributed by atoms with Gasteiger partial charge in [0.2, 0.25) is 0 Å². The molecule has 1 heterocycles. The molecule has 2 heteroatoms. The van der Waals surface area contributed by atoms with Gasteiger partial charge in [-0.3, -0.25) is 4.98 Å². The molecule has 0 atom stereocenters. The van der Waals surface area contributed by atoms with E-state index in [-0.39, 0.29) is 0 Å². The Bertz CT molecular complexity index is 437. The number of aromatic nitrogens is 1. The molecule has 82 valence electrons. The molecule has 0 spiro atoms. The largest absolute Gasteiger partial charge is 0.384 e. The first-order chi connectivity index (χ1) is 7.86. The molecule has 1 N–H and O–H groups in total. The molecule has 2 rings (SSSR count). The van der Waals surface area contributed by atoms with Crippen LogP contribution >= 0.6 is 0 Å². The third-order valence-electron chi connectivity index (χ3n) is 2.59. The predicted octanol–water partition coefficient (Wildman–Crippen LogP) is 3.04. The molecule has 0 amide bonds. The standard InChI is InChI=1S/C14H16N2/c1-12-11-15-9-8-14(12)16-10-7-13-5-3-2-4-6-13/h2-6,8-9,11H,7,10H2,1H3,(H,15,16). The van der Waals surface area contributed by atoms with Gasteiger partial charge in [0.05, 0.1) is 0 Å². The maximum absolute atomic E-state index is 4.07. The fraction of sp³-hybridized carbons (Fsp3) is 0.214. The van der Waals surface area contributed by atoms with Crippen LogP contribution in [0.1, 0.15) is 11.1 Å². The second-order valence-electron chi connectivity index (χ2n) is 3.85. The first-order valence-corrected chi connectivity index (χ1v) is 5.54. The average Bonchev–Trinajstić information content (AvgIpc) is 2.33. The second kappa shape index (κ2) is 5.31. The Morgan fingerprint density at radius 3 is 2.69 bits per heavy atom. The van der Waals surface area contributed by atoms with Crippen molar-refractivity contribution in [3.63, 3.8) is 0 Å². The van der Waals surface area contributed by atoms with Gasteiger partial charge in [-0.05, 0) is 30.5 Å². The number of benzene rings is 1. The third kappa shape index (κ3) is 2.83. The Morgan fingerprint density at radius 2 is 1.94 bits per heavy atom. The van der Waals surface area contributed by atoms with Gasteiger partial charge in [0.25, 0.3) is 0 Å². The van der Waals surface area contributed by atoms with Crippen molar-refractivity contribution in [3.05, 3.63) is 59.9 Å². The molecule has 0 saturated heterocycles. The van der Waals surface area contributed by atoms with Gasteiger partial charge in [0, 0.05) is 24.6 Å². The van der Waals surface area contributed by atoms with Gasteiger partial charge in [-0.15, -0.1) is 0 Å². The molecule has 0 unspecified atom stereocenters. The SMILES string of the molecule is Cc1cnccc1NCCc1ccccc1. The van der Waals surface area contributed by atoms with Gasteiger partial charge < -0.3 is 5.32 Å². The number of nitrogens with one attached hydrogen (secondary N) is 1. The first kappa shape index (κ1) is 10.7. The van der Waals surface area contributed by atoms with E-state index < -0.39 is 0 Å². The lowest BCUT2D eigenvalue weighted by Gasteiger charge is -2.08. The summed E-state index contributed by atoms with van der Waals surface area (Å²) in [6, 6.07) is 12.5. The monoisotopic (exact) mass is 212 g/mol. The average molecular weight is 212 g/mol. The molecular weight excluding hydrogens is 196 g/mol. The molecule has 0 aliphatic rings. The maximum atomic E-state index is 4.07. The van der Waals surface area contributed by atoms with Crippen LogP contribution in [0.4, 0.5) is 5.69 Å². The van der Waals surface area contributed by atoms with Crippen molar-refractivity contribution in [3.8, 4) is 0 Å². The molecule has 1 aromatic carbocycles. The van der Waals surface area contributed by atoms with E-state index in [9.17, 15) is 0 Å². The highest BCUT2D eigenvalue weighted by molar-refractivity contribution is 5.48. The lowest BCUT2D eigenvalue weighted by Crippen LogP contribution is -2.05. The third-order valence-corrected chi connectivity index (χ3v) is 2.59. The van der Waals surface area contributed by atoms with Gasteiger partial charge in [0.15, 0.2) is 0 Å². The topological polar surface area (TPSA) is 24.9 Å². The molecule has 1 aromatic heterocycles. The normalized spacial score (nSPS) is 10.1. The zero-order valence-electron chi connectivity index (χ0n) is 9.48. The number of hydrogen-bond donors (Lipinski definition) is 1. The van der Waals surface area contributed by atoms with Crippen molar-refractivity contribution in [2.45, 2.75) is 13.3 Å². The van der Waals surface area contributed by atoms with Crippen molar-refractivity contribution in [1.29, 1.82) is 0 Å². The Kier molecular flexibility index (Phi) is 3.54. The maximum Gasteiger partial charge on any atom is 0.0400 e. The summed E-state index contributed by atoms with van der Waals surface area (Å²) in [5.74, 6) is 0. The van der Waals surface area contributed by atoms with Gasteiger partial charge in [-0.1, -0.05) is 30.3 Å². The zero-order valence-corrected chi connectivity index (χ0v) is 9.48. The van der Waals surface area contributed by atoms with Gasteiger partial charge in [-0.25, -0.2) is 0 Å². The minimum Gasteiger partial charge on any atom is -0.384 e. The number of aryl methyl sites for hydroxylation is 1. The molecule has 0 aliphatic heterocycles. The summed E-state index contributed by atoms with van der Waals surface area (Å²) >= 11 is 0. The van der Waals surface area contributed by atoms with E-state index in [1.807, 2.05) is 24.5 Å². The summed E-state index contributed by atoms with van der Waals surface area (Å²) in [7, 11) is 0. The van der Waals surface area contributed by atoms with Crippen molar-refractivity contribution in [1.82, 2.24) is 4.98 Å². The number of anilines is 1. The lowest BCUT2D eigenvalue weighted by atomic mass is 10.1. The molecular formula is C14H16N2. The van der Waals surface area contributed by atoms with Crippen LogP contribution in [-0.4, -0.2) is 11.5 Å². The van der Waals surface area contributed by atoms with E-state index >= 15 is 0 Å². The summed E-state index contributed by atoms with van der Waals surface area (Å²) in [6.45, 7) is 3.02. The molecule has 0 saturated carbocycles. The van der Waals surface area contributed by atoms with Crippen molar-refractivity contribution in [2.75, 3.05) is 11.9 Å². The summed E-state index contributed by atoms with van der Waals surface area (Å²) in [5.41, 5.74) is 3.73. The Morgan fingerprint density at radius 1 is 1.12 bits per heavy atom. The van der Waals surface area contributed by atoms with Crippen LogP contribution < -0.4 is 5.32 Å². The second-order valence-corrected chi connectivity index (χ2v) is 3.85. The molecule has 0 fully saturated rings. The molecule has 0 aliphatic carbocycles. The van der Waals surface area contributed by atoms with Crippen LogP contribution in [0.5, 0.6) is 0 Å². The highest BCUT2D eigenvalue weighted by atomic mass is 14.9. The van der Waals surface area contributed by atoms with Crippen LogP contribution in [0, 0.1) is 6.92 Å². The van der Waals surface area contributed by atoms with Gasteiger partial charge >= 0.3 is 0 Å². The van der Waals surface area contributed by atoms with E-state index in [2.05, 4.69) is 41.5 Å². The van der Waals surface area contributed by atoms with Crippen LogP contribution in [-0.2, 0) is 6.42 Å². The minimum absolute atomic E-state index is 0.953. The Labute approximate surface area is 96.4 Å². The lowest BCUT2D eigenvalue weighted by molar-refractivity contribution is 1.01. The minimum atomic E-state index is 0.953. The van der Waals surface area contributed by atoms with Crippen LogP contribution in [0.2, 0.25) is 0 Å². The number of rotatable bonds is 4. The van der Waals surface area contributed by atoms with E-state index in [1.54, 1.807) is 0 Å². The number of hydrogen-bond acceptors (Lipinski definition) is 2. The van der Waals surface area contributed by atoms with Gasteiger partial charge in [0.1, 0.15) is 0 Å². The van der Waals surface area contributed by atoms with Crippen molar-refractivity contribution < 1.29 is 0 Å².